The van der Waals surface area contributed by atoms with Gasteiger partial charge in [0.05, 0.1) is 37.2 Å². The van der Waals surface area contributed by atoms with Crippen molar-refractivity contribution in [2.45, 2.75) is 25.3 Å². The summed E-state index contributed by atoms with van der Waals surface area (Å²) in [4.78, 5) is 34.1. The number of halogens is 2. The number of nitrogens with zero attached hydrogens (tertiary/aromatic N) is 5. The number of aromatic carboxylic acids is 1. The maximum Gasteiger partial charge on any atom is 0.356 e. The summed E-state index contributed by atoms with van der Waals surface area (Å²) >= 11 is 12.7. The molecule has 1 aromatic carbocycles. The average Bonchev–Trinajstić information content (AvgIpc) is 3.31. The smallest absolute Gasteiger partial charge is 0.356 e. The predicted octanol–water partition coefficient (Wildman–Crippen LogP) is 4.22. The molecule has 4 aromatic rings. The third-order valence-corrected chi connectivity index (χ3v) is 7.21. The minimum absolute atomic E-state index is 0.0720. The van der Waals surface area contributed by atoms with Crippen LogP contribution >= 0.6 is 23.2 Å². The second-order valence-corrected chi connectivity index (χ2v) is 10.4. The van der Waals surface area contributed by atoms with Crippen molar-refractivity contribution in [1.29, 1.82) is 0 Å². The van der Waals surface area contributed by atoms with Crippen LogP contribution in [0.1, 0.15) is 52.8 Å². The highest BCUT2D eigenvalue weighted by atomic mass is 35.5. The number of carboxylic acids is 1. The number of benzene rings is 1. The van der Waals surface area contributed by atoms with Crippen molar-refractivity contribution >= 4 is 34.9 Å². The number of anilines is 1. The molecule has 1 atom stereocenters. The van der Waals surface area contributed by atoms with Crippen molar-refractivity contribution in [2.75, 3.05) is 19.5 Å². The highest BCUT2D eigenvalue weighted by molar-refractivity contribution is 6.31. The van der Waals surface area contributed by atoms with Crippen molar-refractivity contribution in [1.82, 2.24) is 24.3 Å². The van der Waals surface area contributed by atoms with Crippen LogP contribution in [0.15, 0.2) is 41.5 Å². The number of methoxy groups -OCH3 is 2. The zero-order valence-electron chi connectivity index (χ0n) is 21.6. The summed E-state index contributed by atoms with van der Waals surface area (Å²) < 4.78 is 13.4. The molecule has 0 saturated heterocycles. The van der Waals surface area contributed by atoms with E-state index in [0.717, 1.165) is 11.1 Å². The molecule has 11 nitrogen and oxygen atoms in total. The van der Waals surface area contributed by atoms with Crippen molar-refractivity contribution in [2.24, 2.45) is 7.05 Å². The number of carbonyl (C=O) groups is 1. The van der Waals surface area contributed by atoms with Gasteiger partial charge in [0.2, 0.25) is 5.88 Å². The lowest BCUT2D eigenvalue weighted by molar-refractivity contribution is 0.0688. The normalized spacial score (nSPS) is 15.3. The number of carboxylic acid groups (broad SMARTS) is 1. The quantitative estimate of drug-likeness (QED) is 0.349. The SMILES string of the molecule is COc1ncc(-n2nc(C(=O)O)c3c2C(C)(C)c2cc(Cl)ccc2C3Nc2cc(Cl)cn(C)c2=O)c(OC)n1. The predicted molar refractivity (Wildman–Crippen MR) is 145 cm³/mol. The molecule has 3 heterocycles. The highest BCUT2D eigenvalue weighted by Crippen LogP contribution is 2.49. The Labute approximate surface area is 232 Å². The molecule has 2 N–H and O–H groups in total. The van der Waals surface area contributed by atoms with E-state index in [1.54, 1.807) is 13.1 Å². The molecule has 0 radical (unpaired) electrons. The van der Waals surface area contributed by atoms with Crippen molar-refractivity contribution < 1.29 is 19.4 Å². The number of hydrogen-bond acceptors (Lipinski definition) is 8. The molecule has 0 amide bonds. The Morgan fingerprint density at radius 2 is 1.90 bits per heavy atom. The van der Waals surface area contributed by atoms with Crippen LogP contribution in [-0.2, 0) is 12.5 Å². The van der Waals surface area contributed by atoms with Crippen LogP contribution < -0.4 is 20.3 Å². The van der Waals surface area contributed by atoms with Gasteiger partial charge in [-0.25, -0.2) is 14.5 Å². The van der Waals surface area contributed by atoms with E-state index in [1.807, 2.05) is 26.0 Å². The van der Waals surface area contributed by atoms with Crippen LogP contribution in [-0.4, -0.2) is 49.6 Å². The summed E-state index contributed by atoms with van der Waals surface area (Å²) in [5.74, 6) is -1.12. The van der Waals surface area contributed by atoms with Crippen LogP contribution in [0.3, 0.4) is 0 Å². The summed E-state index contributed by atoms with van der Waals surface area (Å²) in [5, 5.41) is 18.9. The summed E-state index contributed by atoms with van der Waals surface area (Å²) in [6.07, 6.45) is 2.94. The first kappa shape index (κ1) is 26.5. The molecule has 0 bridgehead atoms. The lowest BCUT2D eigenvalue weighted by Gasteiger charge is -2.38. The fraction of sp³-hybridized carbons (Fsp3) is 0.269. The molecule has 5 rings (SSSR count). The average molecular weight is 571 g/mol. The number of pyridine rings is 1. The second kappa shape index (κ2) is 9.58. The van der Waals surface area contributed by atoms with E-state index in [9.17, 15) is 14.7 Å². The molecule has 0 spiro atoms. The number of nitrogens with one attached hydrogen (secondary N) is 1. The number of rotatable bonds is 6. The Morgan fingerprint density at radius 1 is 1.15 bits per heavy atom. The van der Waals surface area contributed by atoms with Gasteiger partial charge in [0, 0.05) is 29.2 Å². The van der Waals surface area contributed by atoms with Crippen LogP contribution in [0.4, 0.5) is 5.69 Å². The molecule has 1 unspecified atom stereocenters. The van der Waals surface area contributed by atoms with Gasteiger partial charge >= 0.3 is 12.0 Å². The molecular weight excluding hydrogens is 547 g/mol. The summed E-state index contributed by atoms with van der Waals surface area (Å²) in [6.45, 7) is 3.88. The lowest BCUT2D eigenvalue weighted by Crippen LogP contribution is -2.35. The zero-order valence-corrected chi connectivity index (χ0v) is 23.1. The van der Waals surface area contributed by atoms with E-state index in [4.69, 9.17) is 32.7 Å². The van der Waals surface area contributed by atoms with Gasteiger partial charge in [0.1, 0.15) is 11.4 Å². The van der Waals surface area contributed by atoms with E-state index in [2.05, 4.69) is 20.4 Å². The van der Waals surface area contributed by atoms with E-state index in [-0.39, 0.29) is 28.8 Å². The summed E-state index contributed by atoms with van der Waals surface area (Å²) in [7, 11) is 4.44. The molecule has 39 heavy (non-hydrogen) atoms. The Hall–Kier alpha value is -4.09. The Morgan fingerprint density at radius 3 is 2.56 bits per heavy atom. The zero-order chi connectivity index (χ0) is 28.2. The molecular formula is C26H24Cl2N6O5. The van der Waals surface area contributed by atoms with Gasteiger partial charge in [-0.15, -0.1) is 0 Å². The van der Waals surface area contributed by atoms with Crippen LogP contribution in [0.25, 0.3) is 5.69 Å². The third kappa shape index (κ3) is 4.27. The maximum atomic E-state index is 13.0. The van der Waals surface area contributed by atoms with Crippen molar-refractivity contribution in [3.63, 3.8) is 0 Å². The molecule has 0 saturated carbocycles. The van der Waals surface area contributed by atoms with Crippen LogP contribution in [0.5, 0.6) is 11.9 Å². The molecule has 3 aromatic heterocycles. The largest absolute Gasteiger partial charge is 0.479 e. The summed E-state index contributed by atoms with van der Waals surface area (Å²) in [5.41, 5.74) is 1.57. The van der Waals surface area contributed by atoms with Gasteiger partial charge in [-0.05, 0) is 29.3 Å². The van der Waals surface area contributed by atoms with Crippen LogP contribution in [0, 0.1) is 0 Å². The molecule has 1 aliphatic rings. The molecule has 202 valence electrons. The van der Waals surface area contributed by atoms with E-state index in [0.29, 0.717) is 27.0 Å². The first-order chi connectivity index (χ1) is 18.5. The van der Waals surface area contributed by atoms with Crippen molar-refractivity contribution in [3.05, 3.63) is 85.1 Å². The molecule has 0 fully saturated rings. The van der Waals surface area contributed by atoms with Crippen LogP contribution in [0.2, 0.25) is 10.0 Å². The number of hydrogen-bond donors (Lipinski definition) is 2. The Kier molecular flexibility index (Phi) is 6.51. The van der Waals surface area contributed by atoms with Gasteiger partial charge in [-0.1, -0.05) is 43.1 Å². The van der Waals surface area contributed by atoms with Gasteiger partial charge in [-0.3, -0.25) is 4.79 Å². The highest BCUT2D eigenvalue weighted by Gasteiger charge is 2.45. The van der Waals surface area contributed by atoms with E-state index >= 15 is 0 Å². The van der Waals surface area contributed by atoms with Crippen molar-refractivity contribution in [3.8, 4) is 17.6 Å². The first-order valence-corrected chi connectivity index (χ1v) is 12.5. The number of fused-ring (bicyclic) bond motifs is 2. The van der Waals surface area contributed by atoms with Gasteiger partial charge in [0.15, 0.2) is 5.69 Å². The topological polar surface area (TPSA) is 133 Å². The van der Waals surface area contributed by atoms with E-state index < -0.39 is 17.4 Å². The van der Waals surface area contributed by atoms with E-state index in [1.165, 1.54) is 41.9 Å². The number of ether oxygens (including phenoxy) is 2. The fourth-order valence-electron chi connectivity index (χ4n) is 5.06. The monoisotopic (exact) mass is 570 g/mol. The first-order valence-electron chi connectivity index (χ1n) is 11.7. The summed E-state index contributed by atoms with van der Waals surface area (Å²) in [6, 6.07) is 6.14. The third-order valence-electron chi connectivity index (χ3n) is 6.77. The van der Waals surface area contributed by atoms with Gasteiger partial charge < -0.3 is 24.5 Å². The Balaban J connectivity index is 1.85. The Bertz CT molecular complexity index is 1700. The number of aromatic nitrogens is 5. The van der Waals surface area contributed by atoms with Gasteiger partial charge in [-0.2, -0.15) is 10.1 Å². The molecule has 0 aliphatic heterocycles. The minimum Gasteiger partial charge on any atom is -0.479 e. The fourth-order valence-corrected chi connectivity index (χ4v) is 5.49. The molecule has 1 aliphatic carbocycles. The number of aryl methyl sites for hydroxylation is 1. The molecule has 13 heteroatoms. The van der Waals surface area contributed by atoms with Gasteiger partial charge in [0.25, 0.3) is 5.56 Å². The standard InChI is InChI=1S/C26H24Cl2N6O5/c1-26(2)15-8-12(27)6-7-14(15)19(30-16-9-13(28)11-33(3)23(16)35)18-20(24(36)37)32-34(21(18)26)17-10-29-25(39-5)31-22(17)38-4/h6-11,19,30H,1-5H3,(H,36,37). The minimum atomic E-state index is -1.25. The second-order valence-electron chi connectivity index (χ2n) is 9.50. The lowest BCUT2D eigenvalue weighted by atomic mass is 9.69. The maximum absolute atomic E-state index is 13.0.